The summed E-state index contributed by atoms with van der Waals surface area (Å²) < 4.78 is 1.76. The van der Waals surface area contributed by atoms with Crippen molar-refractivity contribution in [1.82, 2.24) is 14.4 Å². The third-order valence-electron chi connectivity index (χ3n) is 2.12. The lowest BCUT2D eigenvalue weighted by Crippen LogP contribution is -2.07. The van der Waals surface area contributed by atoms with Crippen LogP contribution in [0.1, 0.15) is 0 Å². The zero-order valence-corrected chi connectivity index (χ0v) is 6.64. The van der Waals surface area contributed by atoms with Gasteiger partial charge in [0.15, 0.2) is 0 Å². The molecule has 4 nitrogen and oxygen atoms in total. The summed E-state index contributed by atoms with van der Waals surface area (Å²) in [5.41, 5.74) is 1.48. The van der Waals surface area contributed by atoms with Crippen molar-refractivity contribution in [2.75, 3.05) is 0 Å². The largest absolute Gasteiger partial charge is 0.288 e. The summed E-state index contributed by atoms with van der Waals surface area (Å²) in [7, 11) is 0. The van der Waals surface area contributed by atoms with E-state index in [1.807, 2.05) is 12.1 Å². The molecule has 13 heavy (non-hydrogen) atoms. The highest BCUT2D eigenvalue weighted by Crippen LogP contribution is 2.14. The van der Waals surface area contributed by atoms with Crippen LogP contribution in [0.25, 0.3) is 16.4 Å². The van der Waals surface area contributed by atoms with E-state index in [1.165, 1.54) is 6.33 Å². The van der Waals surface area contributed by atoms with E-state index < -0.39 is 0 Å². The fourth-order valence-electron chi connectivity index (χ4n) is 1.53. The Morgan fingerprint density at radius 1 is 1.15 bits per heavy atom. The summed E-state index contributed by atoms with van der Waals surface area (Å²) in [5.74, 6) is 0. The second-order valence-electron chi connectivity index (χ2n) is 2.87. The number of aromatic nitrogens is 3. The van der Waals surface area contributed by atoms with E-state index in [1.54, 1.807) is 16.8 Å². The first-order chi connectivity index (χ1) is 6.36. The van der Waals surface area contributed by atoms with E-state index in [2.05, 4.69) is 9.97 Å². The first kappa shape index (κ1) is 6.54. The molecule has 4 heteroatoms. The Hall–Kier alpha value is -1.97. The lowest BCUT2D eigenvalue weighted by Gasteiger charge is -1.95. The van der Waals surface area contributed by atoms with Crippen LogP contribution in [0, 0.1) is 0 Å². The Bertz CT molecular complexity index is 614. The minimum absolute atomic E-state index is 0.196. The summed E-state index contributed by atoms with van der Waals surface area (Å²) in [6.45, 7) is 0. The van der Waals surface area contributed by atoms with Crippen LogP contribution in [0.3, 0.4) is 0 Å². The Labute approximate surface area is 72.8 Å². The van der Waals surface area contributed by atoms with Crippen molar-refractivity contribution in [1.29, 1.82) is 0 Å². The molecule has 0 saturated carbocycles. The van der Waals surface area contributed by atoms with Gasteiger partial charge in [-0.25, -0.2) is 4.98 Å². The molecule has 0 N–H and O–H groups in total. The average Bonchev–Trinajstić information content (AvgIpc) is 2.57. The highest BCUT2D eigenvalue weighted by molar-refractivity contribution is 5.92. The van der Waals surface area contributed by atoms with Gasteiger partial charge in [0.2, 0.25) is 0 Å². The van der Waals surface area contributed by atoms with Gasteiger partial charge in [0.25, 0.3) is 5.56 Å². The molecule has 0 amide bonds. The van der Waals surface area contributed by atoms with Gasteiger partial charge in [-0.3, -0.25) is 9.20 Å². The van der Waals surface area contributed by atoms with Gasteiger partial charge >= 0.3 is 0 Å². The number of nitrogens with zero attached hydrogens (tertiary/aromatic N) is 3. The van der Waals surface area contributed by atoms with E-state index in [9.17, 15) is 4.79 Å². The van der Waals surface area contributed by atoms with Crippen molar-refractivity contribution in [2.45, 2.75) is 0 Å². The molecule has 0 bridgehead atoms. The maximum Gasteiger partial charge on any atom is 0.280 e. The highest BCUT2D eigenvalue weighted by atomic mass is 16.1. The third-order valence-corrected chi connectivity index (χ3v) is 2.12. The van der Waals surface area contributed by atoms with Crippen LogP contribution in [0.15, 0.2) is 35.6 Å². The molecule has 0 atom stereocenters. The number of hydrogen-bond acceptors (Lipinski definition) is 3. The molecule has 0 radical (unpaired) electrons. The fraction of sp³-hybridized carbons (Fsp3) is 0. The summed E-state index contributed by atoms with van der Waals surface area (Å²) in [6.07, 6.45) is 3.15. The Kier molecular flexibility index (Phi) is 1.02. The van der Waals surface area contributed by atoms with Crippen LogP contribution in [0.5, 0.6) is 0 Å². The van der Waals surface area contributed by atoms with Crippen LogP contribution in [0.4, 0.5) is 0 Å². The van der Waals surface area contributed by atoms with Gasteiger partial charge in [-0.05, 0) is 12.1 Å². The molecule has 0 saturated heterocycles. The Morgan fingerprint density at radius 2 is 2.00 bits per heavy atom. The minimum atomic E-state index is -0.196. The summed E-state index contributed by atoms with van der Waals surface area (Å²) in [6, 6.07) is 5.45. The van der Waals surface area contributed by atoms with Crippen LogP contribution in [-0.4, -0.2) is 14.4 Å². The van der Waals surface area contributed by atoms with Crippen molar-refractivity contribution < 1.29 is 0 Å². The predicted octanol–water partition coefficient (Wildman–Crippen LogP) is 0.681. The van der Waals surface area contributed by atoms with Gasteiger partial charge in [0, 0.05) is 0 Å². The number of hydrogen-bond donors (Lipinski definition) is 0. The van der Waals surface area contributed by atoms with Gasteiger partial charge in [-0.2, -0.15) is 4.98 Å². The SMILES string of the molecule is O=c1ncn2cnc3cccc1c32. The third kappa shape index (κ3) is 0.717. The van der Waals surface area contributed by atoms with Crippen molar-refractivity contribution in [3.05, 3.63) is 41.2 Å². The number of imidazole rings is 1. The van der Waals surface area contributed by atoms with Crippen molar-refractivity contribution in [3.63, 3.8) is 0 Å². The molecule has 2 aromatic heterocycles. The average molecular weight is 171 g/mol. The molecule has 0 fully saturated rings. The molecule has 0 aliphatic carbocycles. The van der Waals surface area contributed by atoms with E-state index in [0.29, 0.717) is 5.39 Å². The molecular formula is C9H5N3O. The molecule has 3 aromatic rings. The number of rotatable bonds is 0. The molecule has 0 unspecified atom stereocenters. The zero-order valence-electron chi connectivity index (χ0n) is 6.64. The van der Waals surface area contributed by atoms with Gasteiger partial charge in [0.05, 0.1) is 16.4 Å². The predicted molar refractivity (Wildman–Crippen MR) is 47.9 cm³/mol. The molecule has 3 rings (SSSR count). The van der Waals surface area contributed by atoms with Crippen molar-refractivity contribution >= 4 is 16.4 Å². The van der Waals surface area contributed by atoms with E-state index in [0.717, 1.165) is 11.0 Å². The minimum Gasteiger partial charge on any atom is -0.288 e. The molecule has 0 aliphatic rings. The van der Waals surface area contributed by atoms with Gasteiger partial charge in [0.1, 0.15) is 12.7 Å². The number of benzene rings is 1. The smallest absolute Gasteiger partial charge is 0.280 e. The molecule has 62 valence electrons. The summed E-state index contributed by atoms with van der Waals surface area (Å²) in [4.78, 5) is 19.2. The maximum absolute atomic E-state index is 11.3. The van der Waals surface area contributed by atoms with Crippen LogP contribution < -0.4 is 5.56 Å². The highest BCUT2D eigenvalue weighted by Gasteiger charge is 2.05. The van der Waals surface area contributed by atoms with E-state index in [4.69, 9.17) is 0 Å². The van der Waals surface area contributed by atoms with Crippen molar-refractivity contribution in [3.8, 4) is 0 Å². The number of para-hydroxylation sites is 1. The van der Waals surface area contributed by atoms with Gasteiger partial charge < -0.3 is 0 Å². The summed E-state index contributed by atoms with van der Waals surface area (Å²) >= 11 is 0. The lowest BCUT2D eigenvalue weighted by molar-refractivity contribution is 1.06. The monoisotopic (exact) mass is 171 g/mol. The lowest BCUT2D eigenvalue weighted by atomic mass is 10.2. The molecule has 1 aromatic carbocycles. The van der Waals surface area contributed by atoms with Crippen molar-refractivity contribution in [2.24, 2.45) is 0 Å². The second kappa shape index (κ2) is 2.04. The van der Waals surface area contributed by atoms with E-state index >= 15 is 0 Å². The zero-order chi connectivity index (χ0) is 8.84. The quantitative estimate of drug-likeness (QED) is 0.499. The Morgan fingerprint density at radius 3 is 2.92 bits per heavy atom. The first-order valence-electron chi connectivity index (χ1n) is 3.90. The van der Waals surface area contributed by atoms with Crippen LogP contribution in [-0.2, 0) is 0 Å². The van der Waals surface area contributed by atoms with Crippen LogP contribution in [0.2, 0.25) is 0 Å². The molecule has 0 spiro atoms. The first-order valence-corrected chi connectivity index (χ1v) is 3.90. The maximum atomic E-state index is 11.3. The topological polar surface area (TPSA) is 47.3 Å². The van der Waals surface area contributed by atoms with Gasteiger partial charge in [-0.1, -0.05) is 6.07 Å². The Balaban J connectivity index is 2.82. The van der Waals surface area contributed by atoms with Gasteiger partial charge in [-0.15, -0.1) is 0 Å². The molecular weight excluding hydrogens is 166 g/mol. The van der Waals surface area contributed by atoms with E-state index in [-0.39, 0.29) is 5.56 Å². The van der Waals surface area contributed by atoms with Crippen LogP contribution >= 0.6 is 0 Å². The fourth-order valence-corrected chi connectivity index (χ4v) is 1.53. The molecule has 0 aliphatic heterocycles. The summed E-state index contributed by atoms with van der Waals surface area (Å²) in [5, 5.41) is 0.623. The normalized spacial score (nSPS) is 11.4. The standard InChI is InChI=1S/C9H5N3O/c13-9-6-2-1-3-7-8(6)12(4-10-7)5-11-9/h1-5H. The molecule has 2 heterocycles. The second-order valence-corrected chi connectivity index (χ2v) is 2.87.